The minimum absolute atomic E-state index is 0.162. The topological polar surface area (TPSA) is 70.8 Å². The van der Waals surface area contributed by atoms with Gasteiger partial charge in [-0.15, -0.1) is 0 Å². The standard InChI is InChI=1S/C7H15NO4/c1-10-7(11-2,12-3)5-4-6(8)9/h4-5H2,1-3H3,(H2,8,9). The van der Waals surface area contributed by atoms with Crippen molar-refractivity contribution in [3.8, 4) is 0 Å². The minimum atomic E-state index is -1.14. The van der Waals surface area contributed by atoms with Crippen LogP contribution in [-0.2, 0) is 19.0 Å². The van der Waals surface area contributed by atoms with Crippen molar-refractivity contribution < 1.29 is 19.0 Å². The zero-order chi connectivity index (χ0) is 9.61. The fourth-order valence-corrected chi connectivity index (χ4v) is 0.832. The Morgan fingerprint density at radius 2 is 1.67 bits per heavy atom. The van der Waals surface area contributed by atoms with Gasteiger partial charge in [0.05, 0.1) is 0 Å². The van der Waals surface area contributed by atoms with E-state index in [0.717, 1.165) is 0 Å². The Morgan fingerprint density at radius 3 is 1.92 bits per heavy atom. The van der Waals surface area contributed by atoms with Crippen LogP contribution in [0.15, 0.2) is 0 Å². The van der Waals surface area contributed by atoms with Crippen LogP contribution in [0.2, 0.25) is 0 Å². The van der Waals surface area contributed by atoms with E-state index in [1.54, 1.807) is 0 Å². The molecule has 0 spiro atoms. The maximum Gasteiger partial charge on any atom is 0.282 e. The van der Waals surface area contributed by atoms with Gasteiger partial charge in [0.1, 0.15) is 0 Å². The van der Waals surface area contributed by atoms with E-state index in [1.165, 1.54) is 21.3 Å². The SMILES string of the molecule is COC(CCC(N)=O)(OC)OC. The van der Waals surface area contributed by atoms with E-state index in [4.69, 9.17) is 19.9 Å². The first kappa shape index (κ1) is 11.4. The zero-order valence-corrected chi connectivity index (χ0v) is 7.62. The van der Waals surface area contributed by atoms with Crippen LogP contribution in [0.25, 0.3) is 0 Å². The van der Waals surface area contributed by atoms with Crippen LogP contribution in [0, 0.1) is 0 Å². The Bertz CT molecular complexity index is 136. The molecule has 0 aromatic carbocycles. The zero-order valence-electron chi connectivity index (χ0n) is 7.62. The predicted octanol–water partition coefficient (Wildman–Crippen LogP) is -0.155. The average molecular weight is 177 g/mol. The van der Waals surface area contributed by atoms with E-state index in [-0.39, 0.29) is 12.8 Å². The summed E-state index contributed by atoms with van der Waals surface area (Å²) in [5, 5.41) is 0. The molecule has 0 radical (unpaired) electrons. The molecule has 1 amide bonds. The van der Waals surface area contributed by atoms with Gasteiger partial charge in [0.15, 0.2) is 0 Å². The lowest BCUT2D eigenvalue weighted by Gasteiger charge is -2.27. The Morgan fingerprint density at radius 1 is 1.25 bits per heavy atom. The number of primary amides is 1. The van der Waals surface area contributed by atoms with Gasteiger partial charge in [0.25, 0.3) is 5.97 Å². The Balaban J connectivity index is 4.01. The second-order valence-corrected chi connectivity index (χ2v) is 2.26. The van der Waals surface area contributed by atoms with Crippen LogP contribution in [0.4, 0.5) is 0 Å². The molecule has 0 aliphatic heterocycles. The van der Waals surface area contributed by atoms with Crippen LogP contribution in [0.5, 0.6) is 0 Å². The van der Waals surface area contributed by atoms with E-state index < -0.39 is 11.9 Å². The van der Waals surface area contributed by atoms with E-state index in [2.05, 4.69) is 0 Å². The first-order chi connectivity index (χ1) is 5.60. The molecule has 0 bridgehead atoms. The van der Waals surface area contributed by atoms with Crippen LogP contribution >= 0.6 is 0 Å². The highest BCUT2D eigenvalue weighted by Crippen LogP contribution is 2.18. The minimum Gasteiger partial charge on any atom is -0.370 e. The van der Waals surface area contributed by atoms with Gasteiger partial charge in [-0.3, -0.25) is 4.79 Å². The Labute approximate surface area is 71.8 Å². The number of amides is 1. The van der Waals surface area contributed by atoms with E-state index in [9.17, 15) is 4.79 Å². The fourth-order valence-electron chi connectivity index (χ4n) is 0.832. The van der Waals surface area contributed by atoms with Gasteiger partial charge in [0.2, 0.25) is 5.91 Å². The number of carbonyl (C=O) groups excluding carboxylic acids is 1. The molecule has 0 fully saturated rings. The molecule has 12 heavy (non-hydrogen) atoms. The molecule has 0 rings (SSSR count). The monoisotopic (exact) mass is 177 g/mol. The summed E-state index contributed by atoms with van der Waals surface area (Å²) in [4.78, 5) is 10.4. The Hall–Kier alpha value is -0.650. The maximum absolute atomic E-state index is 10.4. The summed E-state index contributed by atoms with van der Waals surface area (Å²) in [6.07, 6.45) is 0.446. The van der Waals surface area contributed by atoms with Gasteiger partial charge in [-0.1, -0.05) is 0 Å². The largest absolute Gasteiger partial charge is 0.370 e. The molecule has 5 heteroatoms. The summed E-state index contributed by atoms with van der Waals surface area (Å²) in [7, 11) is 4.32. The molecule has 0 saturated carbocycles. The van der Waals surface area contributed by atoms with Crippen molar-refractivity contribution in [3.63, 3.8) is 0 Å². The number of nitrogens with two attached hydrogens (primary N) is 1. The third-order valence-corrected chi connectivity index (χ3v) is 1.61. The lowest BCUT2D eigenvalue weighted by Crippen LogP contribution is -2.37. The molecule has 0 atom stereocenters. The van der Waals surface area contributed by atoms with Crippen LogP contribution in [0.1, 0.15) is 12.8 Å². The molecule has 72 valence electrons. The summed E-state index contributed by atoms with van der Waals surface area (Å²) in [6, 6.07) is 0. The van der Waals surface area contributed by atoms with Gasteiger partial charge in [0, 0.05) is 34.2 Å². The van der Waals surface area contributed by atoms with Crippen LogP contribution in [0.3, 0.4) is 0 Å². The number of carbonyl (C=O) groups is 1. The molecule has 0 saturated heterocycles. The number of hydrogen-bond acceptors (Lipinski definition) is 4. The lowest BCUT2D eigenvalue weighted by atomic mass is 10.2. The summed E-state index contributed by atoms with van der Waals surface area (Å²) in [5.41, 5.74) is 4.96. The van der Waals surface area contributed by atoms with Crippen LogP contribution in [-0.4, -0.2) is 33.2 Å². The average Bonchev–Trinajstić information content (AvgIpc) is 2.08. The quantitative estimate of drug-likeness (QED) is 0.572. The number of methoxy groups -OCH3 is 3. The number of ether oxygens (including phenoxy) is 3. The maximum atomic E-state index is 10.4. The molecule has 5 nitrogen and oxygen atoms in total. The second kappa shape index (κ2) is 5.08. The molecule has 0 aliphatic carbocycles. The normalized spacial score (nSPS) is 11.6. The summed E-state index contributed by atoms with van der Waals surface area (Å²) in [6.45, 7) is 0. The highest BCUT2D eigenvalue weighted by atomic mass is 16.9. The van der Waals surface area contributed by atoms with Gasteiger partial charge < -0.3 is 19.9 Å². The Kier molecular flexibility index (Phi) is 4.80. The van der Waals surface area contributed by atoms with Crippen molar-refractivity contribution in [2.24, 2.45) is 5.73 Å². The predicted molar refractivity (Wildman–Crippen MR) is 42.2 cm³/mol. The third kappa shape index (κ3) is 3.17. The van der Waals surface area contributed by atoms with Crippen molar-refractivity contribution in [2.45, 2.75) is 18.8 Å². The fraction of sp³-hybridized carbons (Fsp3) is 0.857. The number of hydrogen-bond donors (Lipinski definition) is 1. The lowest BCUT2D eigenvalue weighted by molar-refractivity contribution is -0.354. The van der Waals surface area contributed by atoms with Crippen LogP contribution < -0.4 is 5.73 Å². The second-order valence-electron chi connectivity index (χ2n) is 2.26. The summed E-state index contributed by atoms with van der Waals surface area (Å²) < 4.78 is 14.8. The molecular weight excluding hydrogens is 162 g/mol. The summed E-state index contributed by atoms with van der Waals surface area (Å²) >= 11 is 0. The van der Waals surface area contributed by atoms with Crippen molar-refractivity contribution in [3.05, 3.63) is 0 Å². The summed E-state index contributed by atoms with van der Waals surface area (Å²) in [5.74, 6) is -1.56. The van der Waals surface area contributed by atoms with E-state index >= 15 is 0 Å². The number of rotatable bonds is 6. The highest BCUT2D eigenvalue weighted by Gasteiger charge is 2.29. The first-order valence-corrected chi connectivity index (χ1v) is 3.54. The molecule has 0 unspecified atom stereocenters. The van der Waals surface area contributed by atoms with Gasteiger partial charge in [-0.05, 0) is 0 Å². The van der Waals surface area contributed by atoms with Crippen molar-refractivity contribution in [1.29, 1.82) is 0 Å². The molecule has 0 aromatic heterocycles. The van der Waals surface area contributed by atoms with Crippen molar-refractivity contribution in [2.75, 3.05) is 21.3 Å². The molecule has 2 N–H and O–H groups in total. The highest BCUT2D eigenvalue weighted by molar-refractivity contribution is 5.73. The van der Waals surface area contributed by atoms with Crippen molar-refractivity contribution in [1.82, 2.24) is 0 Å². The van der Waals surface area contributed by atoms with E-state index in [1.807, 2.05) is 0 Å². The third-order valence-electron chi connectivity index (χ3n) is 1.61. The smallest absolute Gasteiger partial charge is 0.282 e. The van der Waals surface area contributed by atoms with Gasteiger partial charge >= 0.3 is 0 Å². The van der Waals surface area contributed by atoms with Crippen molar-refractivity contribution >= 4 is 5.91 Å². The first-order valence-electron chi connectivity index (χ1n) is 3.54. The molecular formula is C7H15NO4. The molecule has 0 heterocycles. The van der Waals surface area contributed by atoms with E-state index in [0.29, 0.717) is 0 Å². The molecule has 0 aromatic rings. The van der Waals surface area contributed by atoms with Gasteiger partial charge in [-0.25, -0.2) is 0 Å². The molecule has 0 aliphatic rings. The van der Waals surface area contributed by atoms with Gasteiger partial charge in [-0.2, -0.15) is 0 Å².